The third-order valence-electron chi connectivity index (χ3n) is 4.26. The van der Waals surface area contributed by atoms with Gasteiger partial charge in [-0.2, -0.15) is 0 Å². The van der Waals surface area contributed by atoms with Gasteiger partial charge in [0.05, 0.1) is 12.2 Å². The molecule has 2 heterocycles. The molecule has 0 radical (unpaired) electrons. The summed E-state index contributed by atoms with van der Waals surface area (Å²) in [4.78, 5) is 31.2. The predicted octanol–water partition coefficient (Wildman–Crippen LogP) is 2.38. The highest BCUT2D eigenvalue weighted by Crippen LogP contribution is 2.27. The molecule has 1 aromatic carbocycles. The standard InChI is InChI=1S/C19H21N3O2/c1-13(2)17(18(23)21-11-15-8-5-6-10-20-15)22-12-14-7-3-4-9-16(14)19(22)24/h3-10,13,17H,11-12H2,1-2H3,(H,21,23)/t17-/m0/s1. The number of amides is 2. The van der Waals surface area contributed by atoms with Crippen LogP contribution in [-0.2, 0) is 17.9 Å². The molecule has 3 rings (SSSR count). The Morgan fingerprint density at radius 3 is 2.62 bits per heavy atom. The number of carbonyl (C=O) groups is 2. The maximum Gasteiger partial charge on any atom is 0.255 e. The third-order valence-corrected chi connectivity index (χ3v) is 4.26. The van der Waals surface area contributed by atoms with Crippen molar-refractivity contribution >= 4 is 11.8 Å². The Hall–Kier alpha value is -2.69. The molecule has 0 saturated carbocycles. The van der Waals surface area contributed by atoms with Crippen molar-refractivity contribution < 1.29 is 9.59 Å². The molecular weight excluding hydrogens is 302 g/mol. The smallest absolute Gasteiger partial charge is 0.255 e. The quantitative estimate of drug-likeness (QED) is 0.919. The molecule has 1 aromatic heterocycles. The van der Waals surface area contributed by atoms with E-state index in [1.54, 1.807) is 11.1 Å². The summed E-state index contributed by atoms with van der Waals surface area (Å²) in [6.45, 7) is 4.76. The molecule has 0 aliphatic carbocycles. The topological polar surface area (TPSA) is 62.3 Å². The van der Waals surface area contributed by atoms with Crippen molar-refractivity contribution in [1.29, 1.82) is 0 Å². The first-order chi connectivity index (χ1) is 11.6. The average Bonchev–Trinajstić information content (AvgIpc) is 2.91. The van der Waals surface area contributed by atoms with E-state index < -0.39 is 6.04 Å². The lowest BCUT2D eigenvalue weighted by molar-refractivity contribution is -0.127. The highest BCUT2D eigenvalue weighted by Gasteiger charge is 2.37. The maximum absolute atomic E-state index is 12.7. The van der Waals surface area contributed by atoms with Gasteiger partial charge in [-0.15, -0.1) is 0 Å². The number of carbonyl (C=O) groups excluding carboxylic acids is 2. The highest BCUT2D eigenvalue weighted by atomic mass is 16.2. The van der Waals surface area contributed by atoms with Crippen molar-refractivity contribution in [3.8, 4) is 0 Å². The van der Waals surface area contributed by atoms with Gasteiger partial charge in [0.2, 0.25) is 5.91 Å². The molecule has 1 N–H and O–H groups in total. The molecule has 1 atom stereocenters. The Bertz CT molecular complexity index is 743. The van der Waals surface area contributed by atoms with Gasteiger partial charge in [-0.3, -0.25) is 14.6 Å². The molecule has 124 valence electrons. The van der Waals surface area contributed by atoms with E-state index in [0.717, 1.165) is 11.3 Å². The second kappa shape index (κ2) is 6.83. The fourth-order valence-electron chi connectivity index (χ4n) is 3.09. The van der Waals surface area contributed by atoms with Crippen molar-refractivity contribution in [2.24, 2.45) is 5.92 Å². The average molecular weight is 323 g/mol. The van der Waals surface area contributed by atoms with Crippen LogP contribution in [0.4, 0.5) is 0 Å². The molecule has 2 aromatic rings. The van der Waals surface area contributed by atoms with Crippen molar-refractivity contribution in [2.75, 3.05) is 0 Å². The van der Waals surface area contributed by atoms with Crippen LogP contribution < -0.4 is 5.32 Å². The number of pyridine rings is 1. The van der Waals surface area contributed by atoms with Crippen LogP contribution >= 0.6 is 0 Å². The Morgan fingerprint density at radius 1 is 1.21 bits per heavy atom. The summed E-state index contributed by atoms with van der Waals surface area (Å²) in [6, 6.07) is 12.6. The largest absolute Gasteiger partial charge is 0.349 e. The van der Waals surface area contributed by atoms with Crippen LogP contribution in [0.5, 0.6) is 0 Å². The third kappa shape index (κ3) is 3.15. The van der Waals surface area contributed by atoms with Crippen LogP contribution in [0.2, 0.25) is 0 Å². The van der Waals surface area contributed by atoms with Crippen LogP contribution in [0.25, 0.3) is 0 Å². The summed E-state index contributed by atoms with van der Waals surface area (Å²) >= 11 is 0. The molecule has 0 spiro atoms. The van der Waals surface area contributed by atoms with Crippen LogP contribution in [-0.4, -0.2) is 27.7 Å². The summed E-state index contributed by atoms with van der Waals surface area (Å²) in [7, 11) is 0. The van der Waals surface area contributed by atoms with Gasteiger partial charge in [0.15, 0.2) is 0 Å². The fourth-order valence-corrected chi connectivity index (χ4v) is 3.09. The molecule has 0 saturated heterocycles. The van der Waals surface area contributed by atoms with Gasteiger partial charge in [0, 0.05) is 18.3 Å². The number of nitrogens with zero attached hydrogens (tertiary/aromatic N) is 2. The van der Waals surface area contributed by atoms with Gasteiger partial charge < -0.3 is 10.2 Å². The minimum atomic E-state index is -0.492. The zero-order valence-corrected chi connectivity index (χ0v) is 13.9. The fraction of sp³-hybridized carbons (Fsp3) is 0.316. The number of nitrogens with one attached hydrogen (secondary N) is 1. The Labute approximate surface area is 141 Å². The van der Waals surface area contributed by atoms with Crippen LogP contribution in [0, 0.1) is 5.92 Å². The van der Waals surface area contributed by atoms with Crippen molar-refractivity contribution in [3.63, 3.8) is 0 Å². The zero-order chi connectivity index (χ0) is 17.1. The summed E-state index contributed by atoms with van der Waals surface area (Å²) in [5, 5.41) is 2.91. The SMILES string of the molecule is CC(C)[C@@H](C(=O)NCc1ccccn1)N1Cc2ccccc2C1=O. The van der Waals surface area contributed by atoms with E-state index in [2.05, 4.69) is 10.3 Å². The lowest BCUT2D eigenvalue weighted by Crippen LogP contribution is -2.49. The number of rotatable bonds is 5. The molecule has 5 heteroatoms. The normalized spacial score (nSPS) is 14.6. The van der Waals surface area contributed by atoms with E-state index in [0.29, 0.717) is 18.7 Å². The molecule has 2 amide bonds. The van der Waals surface area contributed by atoms with Crippen molar-refractivity contribution in [1.82, 2.24) is 15.2 Å². The minimum absolute atomic E-state index is 0.0204. The molecule has 0 unspecified atom stereocenters. The van der Waals surface area contributed by atoms with Crippen LogP contribution in [0.1, 0.15) is 35.5 Å². The Balaban J connectivity index is 1.74. The van der Waals surface area contributed by atoms with E-state index in [4.69, 9.17) is 0 Å². The first kappa shape index (κ1) is 16.2. The molecule has 24 heavy (non-hydrogen) atoms. The van der Waals surface area contributed by atoms with Gasteiger partial charge >= 0.3 is 0 Å². The molecule has 5 nitrogen and oxygen atoms in total. The second-order valence-corrected chi connectivity index (χ2v) is 6.32. The van der Waals surface area contributed by atoms with E-state index in [1.807, 2.05) is 56.3 Å². The molecule has 1 aliphatic rings. The lowest BCUT2D eigenvalue weighted by atomic mass is 10.0. The summed E-state index contributed by atoms with van der Waals surface area (Å²) in [5.74, 6) is -0.193. The van der Waals surface area contributed by atoms with Crippen LogP contribution in [0.15, 0.2) is 48.7 Å². The van der Waals surface area contributed by atoms with E-state index in [-0.39, 0.29) is 17.7 Å². The summed E-state index contributed by atoms with van der Waals surface area (Å²) < 4.78 is 0. The Kier molecular flexibility index (Phi) is 4.60. The number of fused-ring (bicyclic) bond motifs is 1. The number of benzene rings is 1. The molecule has 0 bridgehead atoms. The minimum Gasteiger partial charge on any atom is -0.349 e. The predicted molar refractivity (Wildman–Crippen MR) is 91.0 cm³/mol. The van der Waals surface area contributed by atoms with E-state index >= 15 is 0 Å². The van der Waals surface area contributed by atoms with E-state index in [9.17, 15) is 9.59 Å². The number of hydrogen-bond donors (Lipinski definition) is 1. The molecular formula is C19H21N3O2. The first-order valence-corrected chi connectivity index (χ1v) is 8.14. The van der Waals surface area contributed by atoms with Gasteiger partial charge in [-0.1, -0.05) is 38.1 Å². The molecule has 0 fully saturated rings. The second-order valence-electron chi connectivity index (χ2n) is 6.32. The van der Waals surface area contributed by atoms with Crippen LogP contribution in [0.3, 0.4) is 0 Å². The monoisotopic (exact) mass is 323 g/mol. The summed E-state index contributed by atoms with van der Waals surface area (Å²) in [6.07, 6.45) is 1.70. The summed E-state index contributed by atoms with van der Waals surface area (Å²) in [5.41, 5.74) is 2.47. The Morgan fingerprint density at radius 2 is 1.96 bits per heavy atom. The number of aromatic nitrogens is 1. The highest BCUT2D eigenvalue weighted by molar-refractivity contribution is 6.01. The van der Waals surface area contributed by atoms with Gasteiger partial charge in [-0.25, -0.2) is 0 Å². The number of hydrogen-bond acceptors (Lipinski definition) is 3. The van der Waals surface area contributed by atoms with Gasteiger partial charge in [0.25, 0.3) is 5.91 Å². The lowest BCUT2D eigenvalue weighted by Gasteiger charge is -2.29. The van der Waals surface area contributed by atoms with Crippen molar-refractivity contribution in [3.05, 3.63) is 65.5 Å². The van der Waals surface area contributed by atoms with E-state index in [1.165, 1.54) is 0 Å². The molecule has 1 aliphatic heterocycles. The van der Waals surface area contributed by atoms with Gasteiger partial charge in [0.1, 0.15) is 6.04 Å². The van der Waals surface area contributed by atoms with Crippen molar-refractivity contribution in [2.45, 2.75) is 33.0 Å². The van der Waals surface area contributed by atoms with Gasteiger partial charge in [-0.05, 0) is 29.7 Å². The first-order valence-electron chi connectivity index (χ1n) is 8.14. The maximum atomic E-state index is 12.7. The zero-order valence-electron chi connectivity index (χ0n) is 13.9.